The van der Waals surface area contributed by atoms with E-state index >= 15 is 0 Å². The molecule has 0 aliphatic heterocycles. The topological polar surface area (TPSA) is 61.1 Å². The van der Waals surface area contributed by atoms with Crippen LogP contribution in [-0.2, 0) is 4.79 Å². The third-order valence-corrected chi connectivity index (χ3v) is 1.80. The molecule has 1 aromatic rings. The van der Waals surface area contributed by atoms with E-state index in [1.165, 1.54) is 6.07 Å². The molecule has 1 aromatic carbocycles. The van der Waals surface area contributed by atoms with Crippen molar-refractivity contribution in [1.82, 2.24) is 0 Å². The van der Waals surface area contributed by atoms with Crippen molar-refractivity contribution in [2.75, 3.05) is 0 Å². The number of nitrogens with zero attached hydrogens (tertiary/aromatic N) is 1. The summed E-state index contributed by atoms with van der Waals surface area (Å²) in [5, 5.41) is 17.6. The lowest BCUT2D eigenvalue weighted by Gasteiger charge is -1.95. The van der Waals surface area contributed by atoms with Crippen LogP contribution in [0.25, 0.3) is 0 Å². The van der Waals surface area contributed by atoms with Crippen LogP contribution in [-0.4, -0.2) is 11.1 Å². The minimum absolute atomic E-state index is 0.253. The van der Waals surface area contributed by atoms with Gasteiger partial charge in [0.15, 0.2) is 0 Å². The van der Waals surface area contributed by atoms with Crippen LogP contribution in [0, 0.1) is 23.2 Å². The Hall–Kier alpha value is -1.97. The summed E-state index contributed by atoms with van der Waals surface area (Å²) in [6.45, 7) is 0. The van der Waals surface area contributed by atoms with E-state index < -0.39 is 5.97 Å². The first-order valence-electron chi connectivity index (χ1n) is 4.04. The molecule has 1 rings (SSSR count). The smallest absolute Gasteiger partial charge is 0.315 e. The molecule has 74 valence electrons. The van der Waals surface area contributed by atoms with E-state index in [1.54, 1.807) is 12.1 Å². The lowest BCUT2D eigenvalue weighted by Crippen LogP contribution is -1.90. The quantitative estimate of drug-likeness (QED) is 0.736. The van der Waals surface area contributed by atoms with E-state index in [9.17, 15) is 4.79 Å². The van der Waals surface area contributed by atoms with Gasteiger partial charge in [-0.3, -0.25) is 4.79 Å². The minimum Gasteiger partial charge on any atom is -0.481 e. The number of carboxylic acids is 1. The number of hydrogen-bond acceptors (Lipinski definition) is 2. The first kappa shape index (κ1) is 11.1. The standard InChI is InChI=1S/C11H6ClNO2/c12-10-5-4-9(7-13)8(6-10)2-1-3-11(14)15/h4-6H,3H2,(H,14,15). The first-order valence-corrected chi connectivity index (χ1v) is 4.41. The lowest BCUT2D eigenvalue weighted by atomic mass is 10.1. The normalized spacial score (nSPS) is 8.53. The Bertz CT molecular complexity index is 492. The second-order valence-electron chi connectivity index (χ2n) is 2.67. The average molecular weight is 220 g/mol. The van der Waals surface area contributed by atoms with Crippen LogP contribution in [0.1, 0.15) is 17.5 Å². The van der Waals surface area contributed by atoms with Gasteiger partial charge in [0, 0.05) is 10.6 Å². The number of rotatable bonds is 1. The molecule has 4 heteroatoms. The summed E-state index contributed by atoms with van der Waals surface area (Å²) >= 11 is 5.72. The largest absolute Gasteiger partial charge is 0.481 e. The van der Waals surface area contributed by atoms with E-state index in [0.717, 1.165) is 0 Å². The monoisotopic (exact) mass is 219 g/mol. The molecule has 0 saturated carbocycles. The van der Waals surface area contributed by atoms with Crippen molar-refractivity contribution in [3.8, 4) is 17.9 Å². The van der Waals surface area contributed by atoms with E-state index in [1.807, 2.05) is 6.07 Å². The van der Waals surface area contributed by atoms with Crippen LogP contribution in [0.5, 0.6) is 0 Å². The van der Waals surface area contributed by atoms with Gasteiger partial charge in [-0.25, -0.2) is 0 Å². The molecule has 15 heavy (non-hydrogen) atoms. The van der Waals surface area contributed by atoms with E-state index in [4.69, 9.17) is 22.0 Å². The van der Waals surface area contributed by atoms with Crippen molar-refractivity contribution in [1.29, 1.82) is 5.26 Å². The van der Waals surface area contributed by atoms with E-state index in [2.05, 4.69) is 11.8 Å². The van der Waals surface area contributed by atoms with Crippen molar-refractivity contribution >= 4 is 17.6 Å². The summed E-state index contributed by atoms with van der Waals surface area (Å²) < 4.78 is 0. The Morgan fingerprint density at radius 3 is 2.80 bits per heavy atom. The summed E-state index contributed by atoms with van der Waals surface area (Å²) in [6.07, 6.45) is -0.253. The zero-order valence-electron chi connectivity index (χ0n) is 7.62. The molecule has 0 fully saturated rings. The third-order valence-electron chi connectivity index (χ3n) is 1.56. The first-order chi connectivity index (χ1) is 7.13. The third kappa shape index (κ3) is 3.34. The molecule has 0 saturated heterocycles. The van der Waals surface area contributed by atoms with Crippen LogP contribution < -0.4 is 0 Å². The number of carbonyl (C=O) groups is 1. The fraction of sp³-hybridized carbons (Fsp3) is 0.0909. The molecule has 1 N–H and O–H groups in total. The predicted molar refractivity (Wildman–Crippen MR) is 55.3 cm³/mol. The molecule has 0 heterocycles. The number of benzene rings is 1. The number of carboxylic acid groups (broad SMARTS) is 1. The van der Waals surface area contributed by atoms with Gasteiger partial charge in [0.25, 0.3) is 0 Å². The molecule has 0 radical (unpaired) electrons. The Morgan fingerprint density at radius 1 is 1.47 bits per heavy atom. The van der Waals surface area contributed by atoms with Gasteiger partial charge in [-0.1, -0.05) is 23.4 Å². The highest BCUT2D eigenvalue weighted by Crippen LogP contribution is 2.14. The molecule has 0 spiro atoms. The van der Waals surface area contributed by atoms with Gasteiger partial charge < -0.3 is 5.11 Å². The molecule has 0 aliphatic rings. The van der Waals surface area contributed by atoms with Crippen molar-refractivity contribution < 1.29 is 9.90 Å². The maximum absolute atomic E-state index is 10.2. The summed E-state index contributed by atoms with van der Waals surface area (Å²) in [5.41, 5.74) is 0.837. The maximum atomic E-state index is 10.2. The van der Waals surface area contributed by atoms with Gasteiger partial charge in [0.1, 0.15) is 12.5 Å². The highest BCUT2D eigenvalue weighted by molar-refractivity contribution is 6.30. The second-order valence-corrected chi connectivity index (χ2v) is 3.11. The van der Waals surface area contributed by atoms with E-state index in [-0.39, 0.29) is 6.42 Å². The summed E-state index contributed by atoms with van der Waals surface area (Å²) in [7, 11) is 0. The molecule has 0 unspecified atom stereocenters. The summed E-state index contributed by atoms with van der Waals surface area (Å²) in [5.74, 6) is 4.05. The molecule has 0 bridgehead atoms. The van der Waals surface area contributed by atoms with Gasteiger partial charge in [-0.2, -0.15) is 5.26 Å². The van der Waals surface area contributed by atoms with Gasteiger partial charge in [-0.05, 0) is 18.2 Å². The van der Waals surface area contributed by atoms with Crippen LogP contribution in [0.15, 0.2) is 18.2 Å². The van der Waals surface area contributed by atoms with Crippen molar-refractivity contribution in [3.63, 3.8) is 0 Å². The van der Waals surface area contributed by atoms with Gasteiger partial charge in [0.05, 0.1) is 5.56 Å². The van der Waals surface area contributed by atoms with Gasteiger partial charge >= 0.3 is 5.97 Å². The highest BCUT2D eigenvalue weighted by atomic mass is 35.5. The number of halogens is 1. The minimum atomic E-state index is -0.997. The molecular formula is C11H6ClNO2. The number of hydrogen-bond donors (Lipinski definition) is 1. The predicted octanol–water partition coefficient (Wildman–Crippen LogP) is 2.04. The average Bonchev–Trinajstić information content (AvgIpc) is 2.17. The van der Waals surface area contributed by atoms with Crippen LogP contribution in [0.2, 0.25) is 5.02 Å². The summed E-state index contributed by atoms with van der Waals surface area (Å²) in [6, 6.07) is 6.62. The lowest BCUT2D eigenvalue weighted by molar-refractivity contribution is -0.135. The van der Waals surface area contributed by atoms with E-state index in [0.29, 0.717) is 16.1 Å². The Labute approximate surface area is 91.9 Å². The van der Waals surface area contributed by atoms with Crippen molar-refractivity contribution in [3.05, 3.63) is 34.3 Å². The van der Waals surface area contributed by atoms with Crippen molar-refractivity contribution in [2.24, 2.45) is 0 Å². The zero-order chi connectivity index (χ0) is 11.3. The fourth-order valence-electron chi connectivity index (χ4n) is 0.932. The zero-order valence-corrected chi connectivity index (χ0v) is 8.38. The van der Waals surface area contributed by atoms with Crippen molar-refractivity contribution in [2.45, 2.75) is 6.42 Å². The van der Waals surface area contributed by atoms with Crippen LogP contribution >= 0.6 is 11.6 Å². The molecule has 0 atom stereocenters. The molecule has 0 amide bonds. The Morgan fingerprint density at radius 2 is 2.20 bits per heavy atom. The Balaban J connectivity index is 3.01. The Kier molecular flexibility index (Phi) is 3.74. The van der Waals surface area contributed by atoms with Crippen LogP contribution in [0.3, 0.4) is 0 Å². The van der Waals surface area contributed by atoms with Gasteiger partial charge in [-0.15, -0.1) is 0 Å². The summed E-state index contributed by atoms with van der Waals surface area (Å²) in [4.78, 5) is 10.2. The molecule has 0 aromatic heterocycles. The SMILES string of the molecule is N#Cc1ccc(Cl)cc1C#CCC(=O)O. The highest BCUT2D eigenvalue weighted by Gasteiger charge is 1.99. The maximum Gasteiger partial charge on any atom is 0.315 e. The second kappa shape index (κ2) is 5.05. The van der Waals surface area contributed by atoms with Crippen LogP contribution in [0.4, 0.5) is 0 Å². The number of aliphatic carboxylic acids is 1. The van der Waals surface area contributed by atoms with Gasteiger partial charge in [0.2, 0.25) is 0 Å². The molecule has 0 aliphatic carbocycles. The molecule has 3 nitrogen and oxygen atoms in total. The molecular weight excluding hydrogens is 214 g/mol. The fourth-order valence-corrected chi connectivity index (χ4v) is 1.10. The number of nitriles is 1.